The van der Waals surface area contributed by atoms with Crippen molar-refractivity contribution in [2.75, 3.05) is 26.4 Å². The SMILES string of the molecule is O=C(COc1ccc(Cl)cc1)N1CCOCC1c1ccc(F)cc1. The molecule has 6 heteroatoms. The van der Waals surface area contributed by atoms with Gasteiger partial charge in [-0.15, -0.1) is 0 Å². The van der Waals surface area contributed by atoms with Crippen LogP contribution in [0.5, 0.6) is 5.75 Å². The summed E-state index contributed by atoms with van der Waals surface area (Å²) >= 11 is 5.82. The predicted molar refractivity (Wildman–Crippen MR) is 88.6 cm³/mol. The molecule has 1 saturated heterocycles. The van der Waals surface area contributed by atoms with Gasteiger partial charge in [-0.3, -0.25) is 4.79 Å². The zero-order chi connectivity index (χ0) is 16.9. The molecule has 1 unspecified atom stereocenters. The average Bonchev–Trinajstić information content (AvgIpc) is 2.62. The maximum absolute atomic E-state index is 13.1. The molecule has 1 amide bonds. The van der Waals surface area contributed by atoms with Crippen molar-refractivity contribution in [1.29, 1.82) is 0 Å². The van der Waals surface area contributed by atoms with E-state index in [0.29, 0.717) is 30.5 Å². The highest BCUT2D eigenvalue weighted by Gasteiger charge is 2.28. The number of morpholine rings is 1. The van der Waals surface area contributed by atoms with Gasteiger partial charge in [0.15, 0.2) is 6.61 Å². The zero-order valence-corrected chi connectivity index (χ0v) is 13.7. The maximum atomic E-state index is 13.1. The lowest BCUT2D eigenvalue weighted by Crippen LogP contribution is -2.45. The molecular formula is C18H17ClFNO3. The normalized spacial score (nSPS) is 17.6. The summed E-state index contributed by atoms with van der Waals surface area (Å²) in [7, 11) is 0. The number of hydrogen-bond donors (Lipinski definition) is 0. The van der Waals surface area contributed by atoms with Gasteiger partial charge >= 0.3 is 0 Å². The summed E-state index contributed by atoms with van der Waals surface area (Å²) < 4.78 is 24.1. The van der Waals surface area contributed by atoms with Crippen molar-refractivity contribution >= 4 is 17.5 Å². The molecule has 3 rings (SSSR count). The minimum Gasteiger partial charge on any atom is -0.484 e. The fourth-order valence-electron chi connectivity index (χ4n) is 2.62. The number of ether oxygens (including phenoxy) is 2. The number of rotatable bonds is 4. The molecule has 0 spiro atoms. The first-order valence-corrected chi connectivity index (χ1v) is 8.02. The van der Waals surface area contributed by atoms with Crippen LogP contribution in [-0.2, 0) is 9.53 Å². The molecule has 1 heterocycles. The molecule has 1 fully saturated rings. The summed E-state index contributed by atoms with van der Waals surface area (Å²) in [6.07, 6.45) is 0. The molecule has 126 valence electrons. The highest BCUT2D eigenvalue weighted by atomic mass is 35.5. The molecule has 4 nitrogen and oxygen atoms in total. The summed E-state index contributed by atoms with van der Waals surface area (Å²) in [5, 5.41) is 0.609. The summed E-state index contributed by atoms with van der Waals surface area (Å²) in [5.74, 6) is 0.140. The molecule has 1 aliphatic rings. The number of benzene rings is 2. The fraction of sp³-hybridized carbons (Fsp3) is 0.278. The monoisotopic (exact) mass is 349 g/mol. The van der Waals surface area contributed by atoms with Gasteiger partial charge in [0, 0.05) is 11.6 Å². The fourth-order valence-corrected chi connectivity index (χ4v) is 2.75. The van der Waals surface area contributed by atoms with Crippen LogP contribution in [0.25, 0.3) is 0 Å². The van der Waals surface area contributed by atoms with E-state index in [1.165, 1.54) is 12.1 Å². The summed E-state index contributed by atoms with van der Waals surface area (Å²) in [6.45, 7) is 1.27. The Morgan fingerprint density at radius 2 is 1.92 bits per heavy atom. The van der Waals surface area contributed by atoms with Crippen molar-refractivity contribution in [3.63, 3.8) is 0 Å². The van der Waals surface area contributed by atoms with Crippen molar-refractivity contribution < 1.29 is 18.7 Å². The number of hydrogen-bond acceptors (Lipinski definition) is 3. The summed E-state index contributed by atoms with van der Waals surface area (Å²) in [6, 6.07) is 12.7. The maximum Gasteiger partial charge on any atom is 0.261 e. The van der Waals surface area contributed by atoms with Crippen LogP contribution < -0.4 is 4.74 Å². The van der Waals surface area contributed by atoms with Crippen molar-refractivity contribution in [2.45, 2.75) is 6.04 Å². The molecule has 2 aromatic carbocycles. The Morgan fingerprint density at radius 3 is 2.62 bits per heavy atom. The molecule has 0 saturated carbocycles. The van der Waals surface area contributed by atoms with Crippen molar-refractivity contribution in [2.24, 2.45) is 0 Å². The topological polar surface area (TPSA) is 38.8 Å². The van der Waals surface area contributed by atoms with E-state index < -0.39 is 0 Å². The Balaban J connectivity index is 1.66. The largest absolute Gasteiger partial charge is 0.484 e. The van der Waals surface area contributed by atoms with Gasteiger partial charge in [-0.2, -0.15) is 0 Å². The first-order chi connectivity index (χ1) is 11.6. The molecule has 1 aliphatic heterocycles. The van der Waals surface area contributed by atoms with E-state index >= 15 is 0 Å². The molecule has 0 aromatic heterocycles. The molecule has 0 N–H and O–H groups in total. The van der Waals surface area contributed by atoms with Gasteiger partial charge in [0.05, 0.1) is 19.3 Å². The number of halogens is 2. The molecule has 0 radical (unpaired) electrons. The Hall–Kier alpha value is -2.11. The molecule has 2 aromatic rings. The summed E-state index contributed by atoms with van der Waals surface area (Å²) in [5.41, 5.74) is 0.843. The molecular weight excluding hydrogens is 333 g/mol. The lowest BCUT2D eigenvalue weighted by molar-refractivity contribution is -0.142. The van der Waals surface area contributed by atoms with Crippen molar-refractivity contribution in [1.82, 2.24) is 4.90 Å². The number of carbonyl (C=O) groups is 1. The first kappa shape index (κ1) is 16.7. The number of nitrogens with zero attached hydrogens (tertiary/aromatic N) is 1. The quantitative estimate of drug-likeness (QED) is 0.848. The van der Waals surface area contributed by atoms with Gasteiger partial charge < -0.3 is 14.4 Å². The van der Waals surface area contributed by atoms with E-state index in [2.05, 4.69) is 0 Å². The predicted octanol–water partition coefficient (Wildman–Crippen LogP) is 3.46. The highest BCUT2D eigenvalue weighted by Crippen LogP contribution is 2.25. The third kappa shape index (κ3) is 4.04. The number of amides is 1. The van der Waals surface area contributed by atoms with Crippen LogP contribution in [0, 0.1) is 5.82 Å². The van der Waals surface area contributed by atoms with E-state index in [1.807, 2.05) is 0 Å². The van der Waals surface area contributed by atoms with Crippen LogP contribution in [0.4, 0.5) is 4.39 Å². The molecule has 0 aliphatic carbocycles. The van der Waals surface area contributed by atoms with Gasteiger partial charge in [-0.05, 0) is 42.0 Å². The van der Waals surface area contributed by atoms with E-state index in [4.69, 9.17) is 21.1 Å². The lowest BCUT2D eigenvalue weighted by Gasteiger charge is -2.35. The smallest absolute Gasteiger partial charge is 0.261 e. The lowest BCUT2D eigenvalue weighted by atomic mass is 10.0. The molecule has 24 heavy (non-hydrogen) atoms. The van der Waals surface area contributed by atoms with Gasteiger partial charge in [-0.1, -0.05) is 23.7 Å². The van der Waals surface area contributed by atoms with E-state index in [0.717, 1.165) is 5.56 Å². The number of carbonyl (C=O) groups excluding carboxylic acids is 1. The second-order valence-corrected chi connectivity index (χ2v) is 5.91. The van der Waals surface area contributed by atoms with Crippen LogP contribution in [0.2, 0.25) is 5.02 Å². The van der Waals surface area contributed by atoms with E-state index in [-0.39, 0.29) is 24.4 Å². The second-order valence-electron chi connectivity index (χ2n) is 5.47. The van der Waals surface area contributed by atoms with Crippen LogP contribution in [0.3, 0.4) is 0 Å². The van der Waals surface area contributed by atoms with Crippen LogP contribution in [0.15, 0.2) is 48.5 Å². The van der Waals surface area contributed by atoms with Crippen LogP contribution >= 0.6 is 11.6 Å². The average molecular weight is 350 g/mol. The Labute approximate surface area is 144 Å². The molecule has 1 atom stereocenters. The third-order valence-electron chi connectivity index (χ3n) is 3.88. The van der Waals surface area contributed by atoms with Gasteiger partial charge in [-0.25, -0.2) is 4.39 Å². The minimum atomic E-state index is -0.306. The Morgan fingerprint density at radius 1 is 1.21 bits per heavy atom. The van der Waals surface area contributed by atoms with Crippen LogP contribution in [-0.4, -0.2) is 37.2 Å². The Kier molecular flexibility index (Phi) is 5.33. The van der Waals surface area contributed by atoms with E-state index in [9.17, 15) is 9.18 Å². The van der Waals surface area contributed by atoms with Crippen molar-refractivity contribution in [3.8, 4) is 5.75 Å². The van der Waals surface area contributed by atoms with Crippen molar-refractivity contribution in [3.05, 3.63) is 64.9 Å². The highest BCUT2D eigenvalue weighted by molar-refractivity contribution is 6.30. The minimum absolute atomic E-state index is 0.0701. The first-order valence-electron chi connectivity index (χ1n) is 7.64. The van der Waals surface area contributed by atoms with Gasteiger partial charge in [0.25, 0.3) is 5.91 Å². The third-order valence-corrected chi connectivity index (χ3v) is 4.13. The van der Waals surface area contributed by atoms with E-state index in [1.54, 1.807) is 41.3 Å². The Bertz CT molecular complexity index is 690. The zero-order valence-electron chi connectivity index (χ0n) is 13.0. The second kappa shape index (κ2) is 7.64. The van der Waals surface area contributed by atoms with Crippen LogP contribution in [0.1, 0.15) is 11.6 Å². The summed E-state index contributed by atoms with van der Waals surface area (Å²) in [4.78, 5) is 14.2. The van der Waals surface area contributed by atoms with Gasteiger partial charge in [0.1, 0.15) is 11.6 Å². The molecule has 0 bridgehead atoms. The van der Waals surface area contributed by atoms with Gasteiger partial charge in [0.2, 0.25) is 0 Å². The standard InChI is InChI=1S/C18H17ClFNO3/c19-14-3-7-16(8-4-14)24-12-18(22)21-9-10-23-11-17(21)13-1-5-15(20)6-2-13/h1-8,17H,9-12H2.